The molecule has 0 fully saturated rings. The van der Waals surface area contributed by atoms with E-state index in [9.17, 15) is 0 Å². The maximum absolute atomic E-state index is 6.13. The normalized spacial score (nSPS) is 11.2. The standard InChI is InChI=1S/C13H9BrClNO/c14-13-5-4-9(17-13)8-16-7-6-10-11(15)2-1-3-12(10)16/h1-7H,8H2. The maximum atomic E-state index is 6.13. The van der Waals surface area contributed by atoms with Crippen LogP contribution in [0.1, 0.15) is 5.76 Å². The second kappa shape index (κ2) is 4.24. The van der Waals surface area contributed by atoms with E-state index in [-0.39, 0.29) is 0 Å². The first-order chi connectivity index (χ1) is 8.24. The van der Waals surface area contributed by atoms with Gasteiger partial charge in [0.2, 0.25) is 0 Å². The van der Waals surface area contributed by atoms with Gasteiger partial charge < -0.3 is 8.98 Å². The van der Waals surface area contributed by atoms with Crippen LogP contribution in [0.2, 0.25) is 5.02 Å². The molecule has 3 rings (SSSR count). The molecule has 1 aromatic carbocycles. The number of benzene rings is 1. The molecule has 2 aromatic heterocycles. The van der Waals surface area contributed by atoms with Crippen LogP contribution in [0.4, 0.5) is 0 Å². The Morgan fingerprint density at radius 2 is 2.06 bits per heavy atom. The van der Waals surface area contributed by atoms with Gasteiger partial charge in [0.1, 0.15) is 5.76 Å². The highest BCUT2D eigenvalue weighted by molar-refractivity contribution is 9.10. The van der Waals surface area contributed by atoms with Gasteiger partial charge in [-0.1, -0.05) is 17.7 Å². The third-order valence-corrected chi connectivity index (χ3v) is 3.47. The molecule has 0 aliphatic heterocycles. The van der Waals surface area contributed by atoms with Crippen molar-refractivity contribution < 1.29 is 4.42 Å². The van der Waals surface area contributed by atoms with Crippen LogP contribution in [-0.4, -0.2) is 4.57 Å². The summed E-state index contributed by atoms with van der Waals surface area (Å²) >= 11 is 9.43. The van der Waals surface area contributed by atoms with E-state index < -0.39 is 0 Å². The molecule has 0 spiro atoms. The Kier molecular flexibility index (Phi) is 2.73. The summed E-state index contributed by atoms with van der Waals surface area (Å²) in [5, 5.41) is 1.85. The van der Waals surface area contributed by atoms with Gasteiger partial charge in [-0.2, -0.15) is 0 Å². The fraction of sp³-hybridized carbons (Fsp3) is 0.0769. The van der Waals surface area contributed by atoms with Crippen molar-refractivity contribution in [2.75, 3.05) is 0 Å². The van der Waals surface area contributed by atoms with E-state index in [4.69, 9.17) is 16.0 Å². The van der Waals surface area contributed by atoms with E-state index in [0.29, 0.717) is 6.54 Å². The Bertz CT molecular complexity index is 671. The van der Waals surface area contributed by atoms with Gasteiger partial charge in [-0.05, 0) is 46.3 Å². The molecule has 0 amide bonds. The average Bonchev–Trinajstić information content (AvgIpc) is 2.88. The molecule has 0 unspecified atom stereocenters. The molecular formula is C13H9BrClNO. The summed E-state index contributed by atoms with van der Waals surface area (Å²) < 4.78 is 8.37. The molecule has 86 valence electrons. The Hall–Kier alpha value is -1.19. The molecule has 0 aliphatic carbocycles. The molecule has 4 heteroatoms. The van der Waals surface area contributed by atoms with Crippen molar-refractivity contribution in [3.8, 4) is 0 Å². The predicted octanol–water partition coefficient (Wildman–Crippen LogP) is 4.70. The smallest absolute Gasteiger partial charge is 0.169 e. The topological polar surface area (TPSA) is 18.1 Å². The van der Waals surface area contributed by atoms with Crippen molar-refractivity contribution in [3.63, 3.8) is 0 Å². The summed E-state index contributed by atoms with van der Waals surface area (Å²) in [7, 11) is 0. The van der Waals surface area contributed by atoms with E-state index in [2.05, 4.69) is 26.6 Å². The number of furan rings is 1. The van der Waals surface area contributed by atoms with Crippen LogP contribution in [-0.2, 0) is 6.54 Å². The number of hydrogen-bond acceptors (Lipinski definition) is 1. The summed E-state index contributed by atoms with van der Waals surface area (Å²) in [6.07, 6.45) is 2.02. The number of fused-ring (bicyclic) bond motifs is 1. The monoisotopic (exact) mass is 309 g/mol. The second-order valence-electron chi connectivity index (χ2n) is 3.82. The zero-order valence-electron chi connectivity index (χ0n) is 8.86. The number of hydrogen-bond donors (Lipinski definition) is 0. The molecule has 0 aliphatic rings. The van der Waals surface area contributed by atoms with Crippen molar-refractivity contribution >= 4 is 38.4 Å². The lowest BCUT2D eigenvalue weighted by Gasteiger charge is -2.03. The Morgan fingerprint density at radius 1 is 1.18 bits per heavy atom. The van der Waals surface area contributed by atoms with Gasteiger partial charge in [-0.15, -0.1) is 0 Å². The first-order valence-electron chi connectivity index (χ1n) is 5.21. The van der Waals surface area contributed by atoms with Gasteiger partial charge in [0.25, 0.3) is 0 Å². The molecule has 0 atom stereocenters. The van der Waals surface area contributed by atoms with Crippen molar-refractivity contribution in [2.24, 2.45) is 0 Å². The van der Waals surface area contributed by atoms with Crippen molar-refractivity contribution in [1.82, 2.24) is 4.57 Å². The van der Waals surface area contributed by atoms with E-state index >= 15 is 0 Å². The largest absolute Gasteiger partial charge is 0.452 e. The molecule has 0 radical (unpaired) electrons. The zero-order chi connectivity index (χ0) is 11.8. The predicted molar refractivity (Wildman–Crippen MR) is 72.5 cm³/mol. The number of halogens is 2. The Labute approximate surface area is 112 Å². The van der Waals surface area contributed by atoms with E-state index in [1.807, 2.05) is 36.5 Å². The van der Waals surface area contributed by atoms with Gasteiger partial charge in [-0.3, -0.25) is 0 Å². The number of nitrogens with zero attached hydrogens (tertiary/aromatic N) is 1. The minimum atomic E-state index is 0.704. The minimum absolute atomic E-state index is 0.704. The van der Waals surface area contributed by atoms with Gasteiger partial charge in [-0.25, -0.2) is 0 Å². The summed E-state index contributed by atoms with van der Waals surface area (Å²) in [5.74, 6) is 0.911. The number of aromatic nitrogens is 1. The van der Waals surface area contributed by atoms with Crippen LogP contribution in [0.5, 0.6) is 0 Å². The molecule has 17 heavy (non-hydrogen) atoms. The molecule has 2 nitrogen and oxygen atoms in total. The lowest BCUT2D eigenvalue weighted by molar-refractivity contribution is 0.477. The summed E-state index contributed by atoms with van der Waals surface area (Å²) in [6, 6.07) is 11.8. The second-order valence-corrected chi connectivity index (χ2v) is 5.01. The fourth-order valence-corrected chi connectivity index (χ4v) is 2.50. The van der Waals surface area contributed by atoms with E-state index in [0.717, 1.165) is 26.4 Å². The molecule has 0 N–H and O–H groups in total. The van der Waals surface area contributed by atoms with E-state index in [1.54, 1.807) is 0 Å². The van der Waals surface area contributed by atoms with Gasteiger partial charge in [0.05, 0.1) is 6.54 Å². The first kappa shape index (κ1) is 10.9. The molecule has 0 saturated heterocycles. The van der Waals surface area contributed by atoms with Crippen LogP contribution in [0.15, 0.2) is 51.7 Å². The number of rotatable bonds is 2. The minimum Gasteiger partial charge on any atom is -0.452 e. The third kappa shape index (κ3) is 2.01. The van der Waals surface area contributed by atoms with Crippen LogP contribution in [0, 0.1) is 0 Å². The quantitative estimate of drug-likeness (QED) is 0.671. The molecule has 2 heterocycles. The van der Waals surface area contributed by atoms with Crippen molar-refractivity contribution in [2.45, 2.75) is 6.54 Å². The van der Waals surface area contributed by atoms with Crippen LogP contribution < -0.4 is 0 Å². The lowest BCUT2D eigenvalue weighted by atomic mass is 10.2. The highest BCUT2D eigenvalue weighted by atomic mass is 79.9. The van der Waals surface area contributed by atoms with Gasteiger partial charge >= 0.3 is 0 Å². The zero-order valence-corrected chi connectivity index (χ0v) is 11.2. The average molecular weight is 311 g/mol. The van der Waals surface area contributed by atoms with Crippen LogP contribution in [0.3, 0.4) is 0 Å². The summed E-state index contributed by atoms with van der Waals surface area (Å²) in [6.45, 7) is 0.704. The molecular weight excluding hydrogens is 302 g/mol. The molecule has 3 aromatic rings. The van der Waals surface area contributed by atoms with Crippen molar-refractivity contribution in [1.29, 1.82) is 0 Å². The van der Waals surface area contributed by atoms with Gasteiger partial charge in [0.15, 0.2) is 4.67 Å². The Morgan fingerprint density at radius 3 is 2.82 bits per heavy atom. The lowest BCUT2D eigenvalue weighted by Crippen LogP contribution is -1.95. The SMILES string of the molecule is Clc1cccc2c1ccn2Cc1ccc(Br)o1. The molecule has 0 bridgehead atoms. The summed E-state index contributed by atoms with van der Waals surface area (Å²) in [5.41, 5.74) is 1.12. The van der Waals surface area contributed by atoms with Crippen molar-refractivity contribution in [3.05, 3.63) is 58.0 Å². The first-order valence-corrected chi connectivity index (χ1v) is 6.39. The van der Waals surface area contributed by atoms with Gasteiger partial charge in [0, 0.05) is 22.1 Å². The van der Waals surface area contributed by atoms with Crippen LogP contribution >= 0.6 is 27.5 Å². The highest BCUT2D eigenvalue weighted by Crippen LogP contribution is 2.25. The third-order valence-electron chi connectivity index (χ3n) is 2.72. The van der Waals surface area contributed by atoms with E-state index in [1.165, 1.54) is 0 Å². The summed E-state index contributed by atoms with van der Waals surface area (Å²) in [4.78, 5) is 0. The van der Waals surface area contributed by atoms with Crippen LogP contribution in [0.25, 0.3) is 10.9 Å². The maximum Gasteiger partial charge on any atom is 0.169 e. The highest BCUT2D eigenvalue weighted by Gasteiger charge is 2.06. The fourth-order valence-electron chi connectivity index (χ4n) is 1.93. The Balaban J connectivity index is 2.04. The molecule has 0 saturated carbocycles.